The SMILES string of the molecule is CCOC(=O)C1=C(C)N=c2sc(=Cc3ccc(F)cc3)c(=O)n2C1c1ccc(C)c(OC)c1. The van der Waals surface area contributed by atoms with Crippen LogP contribution in [0.5, 0.6) is 5.75 Å². The number of benzene rings is 2. The maximum absolute atomic E-state index is 13.5. The molecule has 0 spiro atoms. The number of rotatable bonds is 5. The average molecular weight is 467 g/mol. The van der Waals surface area contributed by atoms with Crippen molar-refractivity contribution in [3.8, 4) is 5.75 Å². The van der Waals surface area contributed by atoms with E-state index in [-0.39, 0.29) is 18.0 Å². The molecule has 0 aliphatic carbocycles. The van der Waals surface area contributed by atoms with Crippen molar-refractivity contribution in [1.29, 1.82) is 0 Å². The Morgan fingerprint density at radius 1 is 1.21 bits per heavy atom. The van der Waals surface area contributed by atoms with Crippen molar-refractivity contribution in [3.63, 3.8) is 0 Å². The zero-order chi connectivity index (χ0) is 23.7. The van der Waals surface area contributed by atoms with E-state index in [1.807, 2.05) is 25.1 Å². The van der Waals surface area contributed by atoms with Crippen LogP contribution >= 0.6 is 11.3 Å². The number of fused-ring (bicyclic) bond motifs is 1. The van der Waals surface area contributed by atoms with Crippen LogP contribution in [0.4, 0.5) is 4.39 Å². The molecule has 0 bridgehead atoms. The second kappa shape index (κ2) is 9.15. The molecule has 3 aromatic rings. The van der Waals surface area contributed by atoms with E-state index in [0.717, 1.165) is 5.56 Å². The van der Waals surface area contributed by atoms with E-state index < -0.39 is 12.0 Å². The summed E-state index contributed by atoms with van der Waals surface area (Å²) in [6, 6.07) is 10.8. The topological polar surface area (TPSA) is 69.9 Å². The summed E-state index contributed by atoms with van der Waals surface area (Å²) in [5.41, 5.74) is 2.85. The Hall–Kier alpha value is -3.52. The molecule has 33 heavy (non-hydrogen) atoms. The van der Waals surface area contributed by atoms with Crippen molar-refractivity contribution in [2.75, 3.05) is 13.7 Å². The Bertz CT molecular complexity index is 1430. The molecule has 0 saturated heterocycles. The van der Waals surface area contributed by atoms with E-state index in [1.54, 1.807) is 39.2 Å². The van der Waals surface area contributed by atoms with Gasteiger partial charge in [0, 0.05) is 0 Å². The molecule has 2 aromatic carbocycles. The van der Waals surface area contributed by atoms with Gasteiger partial charge >= 0.3 is 5.97 Å². The highest BCUT2D eigenvalue weighted by molar-refractivity contribution is 7.07. The third-order valence-corrected chi connectivity index (χ3v) is 6.42. The van der Waals surface area contributed by atoms with Crippen LogP contribution < -0.4 is 19.6 Å². The largest absolute Gasteiger partial charge is 0.496 e. The number of ether oxygens (including phenoxy) is 2. The average Bonchev–Trinajstić information content (AvgIpc) is 3.09. The highest BCUT2D eigenvalue weighted by Crippen LogP contribution is 2.33. The highest BCUT2D eigenvalue weighted by atomic mass is 32.1. The Kier molecular flexibility index (Phi) is 6.29. The smallest absolute Gasteiger partial charge is 0.338 e. The zero-order valence-corrected chi connectivity index (χ0v) is 19.5. The number of carbonyl (C=O) groups is 1. The molecule has 1 aromatic heterocycles. The van der Waals surface area contributed by atoms with Gasteiger partial charge in [0.25, 0.3) is 5.56 Å². The van der Waals surface area contributed by atoms with Crippen LogP contribution in [-0.4, -0.2) is 24.3 Å². The van der Waals surface area contributed by atoms with Crippen molar-refractivity contribution < 1.29 is 18.7 Å². The number of allylic oxidation sites excluding steroid dienone is 1. The molecule has 2 heterocycles. The highest BCUT2D eigenvalue weighted by Gasteiger charge is 2.33. The standard InChI is InChI=1S/C25H23FN2O4S/c1-5-32-24(30)21-15(3)27-25-28(22(21)17-9-6-14(2)19(13-17)31-4)23(29)20(33-25)12-16-7-10-18(26)11-8-16/h6-13,22H,5H2,1-4H3. The third kappa shape index (κ3) is 4.26. The van der Waals surface area contributed by atoms with Crippen LogP contribution in [0.2, 0.25) is 0 Å². The fourth-order valence-corrected chi connectivity index (χ4v) is 4.87. The van der Waals surface area contributed by atoms with Crippen LogP contribution in [0.3, 0.4) is 0 Å². The van der Waals surface area contributed by atoms with E-state index >= 15 is 0 Å². The van der Waals surface area contributed by atoms with Gasteiger partial charge in [-0.15, -0.1) is 0 Å². The van der Waals surface area contributed by atoms with Crippen molar-refractivity contribution in [2.45, 2.75) is 26.8 Å². The number of hydrogen-bond acceptors (Lipinski definition) is 6. The van der Waals surface area contributed by atoms with Crippen LogP contribution in [-0.2, 0) is 9.53 Å². The van der Waals surface area contributed by atoms with Crippen molar-refractivity contribution >= 4 is 23.4 Å². The van der Waals surface area contributed by atoms with Gasteiger partial charge in [0.15, 0.2) is 4.80 Å². The Morgan fingerprint density at radius 3 is 2.61 bits per heavy atom. The summed E-state index contributed by atoms with van der Waals surface area (Å²) in [5.74, 6) is -0.216. The number of methoxy groups -OCH3 is 1. The molecule has 0 amide bonds. The number of aromatic nitrogens is 1. The number of aryl methyl sites for hydroxylation is 1. The van der Waals surface area contributed by atoms with Gasteiger partial charge in [0.1, 0.15) is 11.6 Å². The minimum atomic E-state index is -0.717. The molecule has 1 aliphatic rings. The van der Waals surface area contributed by atoms with E-state index in [2.05, 4.69) is 4.99 Å². The molecule has 1 aliphatic heterocycles. The molecular weight excluding hydrogens is 443 g/mol. The lowest BCUT2D eigenvalue weighted by atomic mass is 9.95. The molecule has 0 fully saturated rings. The molecule has 0 N–H and O–H groups in total. The minimum Gasteiger partial charge on any atom is -0.496 e. The summed E-state index contributed by atoms with van der Waals surface area (Å²) >= 11 is 1.22. The third-order valence-electron chi connectivity index (χ3n) is 5.43. The summed E-state index contributed by atoms with van der Waals surface area (Å²) in [6.07, 6.45) is 1.69. The lowest BCUT2D eigenvalue weighted by Gasteiger charge is -2.25. The summed E-state index contributed by atoms with van der Waals surface area (Å²) in [7, 11) is 1.58. The minimum absolute atomic E-state index is 0.203. The molecule has 170 valence electrons. The van der Waals surface area contributed by atoms with E-state index in [0.29, 0.717) is 37.5 Å². The second-order valence-electron chi connectivity index (χ2n) is 7.58. The quantitative estimate of drug-likeness (QED) is 0.542. The van der Waals surface area contributed by atoms with E-state index in [4.69, 9.17) is 9.47 Å². The molecule has 8 heteroatoms. The number of thiazole rings is 1. The maximum atomic E-state index is 13.5. The number of halogens is 1. The summed E-state index contributed by atoms with van der Waals surface area (Å²) < 4.78 is 26.0. The van der Waals surface area contributed by atoms with Crippen molar-refractivity contribution in [1.82, 2.24) is 4.57 Å². The predicted molar refractivity (Wildman–Crippen MR) is 125 cm³/mol. The van der Waals surface area contributed by atoms with E-state index in [9.17, 15) is 14.0 Å². The van der Waals surface area contributed by atoms with Gasteiger partial charge in [-0.3, -0.25) is 9.36 Å². The fraction of sp³-hybridized carbons (Fsp3) is 0.240. The molecular formula is C25H23FN2O4S. The van der Waals surface area contributed by atoms with Gasteiger partial charge in [-0.1, -0.05) is 35.6 Å². The second-order valence-corrected chi connectivity index (χ2v) is 8.59. The number of carbonyl (C=O) groups excluding carboxylic acids is 1. The number of hydrogen-bond donors (Lipinski definition) is 0. The van der Waals surface area contributed by atoms with Gasteiger partial charge in [0.2, 0.25) is 0 Å². The van der Waals surface area contributed by atoms with Gasteiger partial charge in [-0.05, 0) is 61.7 Å². The fourth-order valence-electron chi connectivity index (χ4n) is 3.82. The molecule has 1 atom stereocenters. The van der Waals surface area contributed by atoms with Crippen LogP contribution in [0.25, 0.3) is 6.08 Å². The first-order chi connectivity index (χ1) is 15.8. The summed E-state index contributed by atoms with van der Waals surface area (Å²) in [6.45, 7) is 5.59. The number of esters is 1. The van der Waals surface area contributed by atoms with Gasteiger partial charge in [-0.2, -0.15) is 0 Å². The Balaban J connectivity index is 1.97. The first-order valence-corrected chi connectivity index (χ1v) is 11.3. The lowest BCUT2D eigenvalue weighted by Crippen LogP contribution is -2.40. The molecule has 6 nitrogen and oxygen atoms in total. The van der Waals surface area contributed by atoms with Gasteiger partial charge < -0.3 is 9.47 Å². The van der Waals surface area contributed by atoms with Crippen LogP contribution in [0.15, 0.2) is 63.5 Å². The Morgan fingerprint density at radius 2 is 1.94 bits per heavy atom. The van der Waals surface area contributed by atoms with Crippen LogP contribution in [0, 0.1) is 12.7 Å². The normalized spacial score (nSPS) is 15.8. The summed E-state index contributed by atoms with van der Waals surface area (Å²) in [4.78, 5) is 31.5. The lowest BCUT2D eigenvalue weighted by molar-refractivity contribution is -0.139. The van der Waals surface area contributed by atoms with Crippen molar-refractivity contribution in [3.05, 3.63) is 95.9 Å². The number of nitrogens with zero attached hydrogens (tertiary/aromatic N) is 2. The monoisotopic (exact) mass is 466 g/mol. The molecule has 0 saturated carbocycles. The van der Waals surface area contributed by atoms with Gasteiger partial charge in [0.05, 0.1) is 35.6 Å². The molecule has 0 radical (unpaired) electrons. The summed E-state index contributed by atoms with van der Waals surface area (Å²) in [5, 5.41) is 0. The first kappa shape index (κ1) is 22.7. The maximum Gasteiger partial charge on any atom is 0.338 e. The molecule has 4 rings (SSSR count). The zero-order valence-electron chi connectivity index (χ0n) is 18.7. The Labute approximate surface area is 193 Å². The van der Waals surface area contributed by atoms with Crippen LogP contribution in [0.1, 0.15) is 36.6 Å². The van der Waals surface area contributed by atoms with Gasteiger partial charge in [-0.25, -0.2) is 14.2 Å². The molecule has 1 unspecified atom stereocenters. The van der Waals surface area contributed by atoms with Crippen molar-refractivity contribution in [2.24, 2.45) is 4.99 Å². The van der Waals surface area contributed by atoms with E-state index in [1.165, 1.54) is 28.0 Å². The first-order valence-electron chi connectivity index (χ1n) is 10.4. The predicted octanol–water partition coefficient (Wildman–Crippen LogP) is 3.25.